The van der Waals surface area contributed by atoms with Crippen molar-refractivity contribution in [1.82, 2.24) is 9.55 Å². The molecule has 0 spiro atoms. The number of hydrogen-bond donors (Lipinski definition) is 1. The van der Waals surface area contributed by atoms with Crippen LogP contribution < -0.4 is 10.9 Å². The van der Waals surface area contributed by atoms with E-state index in [4.69, 9.17) is 0 Å². The molecule has 1 aromatic heterocycles. The molecule has 1 N–H and O–H groups in total. The lowest BCUT2D eigenvalue weighted by Gasteiger charge is -2.13. The lowest BCUT2D eigenvalue weighted by Crippen LogP contribution is -2.27. The van der Waals surface area contributed by atoms with Crippen molar-refractivity contribution in [3.8, 4) is 0 Å². The van der Waals surface area contributed by atoms with E-state index in [0.29, 0.717) is 27.9 Å². The van der Waals surface area contributed by atoms with Gasteiger partial charge in [-0.2, -0.15) is 0 Å². The number of aryl methyl sites for hydroxylation is 1. The molecule has 1 aliphatic rings. The summed E-state index contributed by atoms with van der Waals surface area (Å²) in [5.41, 5.74) is 1.80. The Hall–Kier alpha value is -2.41. The summed E-state index contributed by atoms with van der Waals surface area (Å²) in [6, 6.07) is 8.04. The molecule has 7 heteroatoms. The van der Waals surface area contributed by atoms with E-state index in [1.807, 2.05) is 0 Å². The fourth-order valence-corrected chi connectivity index (χ4v) is 3.82. The Bertz CT molecular complexity index is 858. The zero-order chi connectivity index (χ0) is 17.3. The van der Waals surface area contributed by atoms with E-state index in [2.05, 4.69) is 10.3 Å². The number of Topliss-reactive ketones (excluding diaryl/α,β-unsaturated/α-hetero) is 1. The van der Waals surface area contributed by atoms with Gasteiger partial charge in [0.05, 0.1) is 6.04 Å². The van der Waals surface area contributed by atoms with Crippen LogP contribution in [0.25, 0.3) is 0 Å². The molecule has 1 aliphatic heterocycles. The molecule has 0 aliphatic carbocycles. The fraction of sp³-hybridized carbons (Fsp3) is 0.294. The fourth-order valence-electron chi connectivity index (χ4n) is 2.63. The number of carbonyl (C=O) groups is 2. The van der Waals surface area contributed by atoms with Crippen LogP contribution in [0.2, 0.25) is 0 Å². The summed E-state index contributed by atoms with van der Waals surface area (Å²) in [4.78, 5) is 40.0. The Morgan fingerprint density at radius 3 is 2.71 bits per heavy atom. The van der Waals surface area contributed by atoms with E-state index in [1.165, 1.54) is 24.8 Å². The third-order valence-electron chi connectivity index (χ3n) is 3.81. The maximum atomic E-state index is 12.3. The lowest BCUT2D eigenvalue weighted by atomic mass is 10.1. The first-order chi connectivity index (χ1) is 11.4. The highest BCUT2D eigenvalue weighted by Gasteiger charge is 2.27. The molecule has 6 nitrogen and oxygen atoms in total. The van der Waals surface area contributed by atoms with Crippen molar-refractivity contribution in [2.75, 3.05) is 11.1 Å². The Morgan fingerprint density at radius 1 is 1.33 bits per heavy atom. The highest BCUT2D eigenvalue weighted by Crippen LogP contribution is 2.32. The van der Waals surface area contributed by atoms with E-state index < -0.39 is 0 Å². The highest BCUT2D eigenvalue weighted by atomic mass is 32.2. The standard InChI is InChI=1S/C17H17N3O3S/c1-10-7-16(23)20-14(9-24-17(20)18-10)8-15(22)19-13-5-3-12(4-6-13)11(2)21/h3-7,14H,8-9H2,1-2H3,(H,19,22). The molecule has 0 bridgehead atoms. The Balaban J connectivity index is 1.69. The van der Waals surface area contributed by atoms with Crippen LogP contribution in [0.15, 0.2) is 40.3 Å². The summed E-state index contributed by atoms with van der Waals surface area (Å²) >= 11 is 1.49. The topological polar surface area (TPSA) is 81.1 Å². The normalized spacial score (nSPS) is 15.8. The van der Waals surface area contributed by atoms with Gasteiger partial charge in [-0.15, -0.1) is 0 Å². The molecule has 2 heterocycles. The maximum Gasteiger partial charge on any atom is 0.254 e. The molecular weight excluding hydrogens is 326 g/mol. The Morgan fingerprint density at radius 2 is 2.04 bits per heavy atom. The number of ketones is 1. The molecule has 0 saturated carbocycles. The van der Waals surface area contributed by atoms with Crippen LogP contribution in [0.5, 0.6) is 0 Å². The molecule has 1 unspecified atom stereocenters. The van der Waals surface area contributed by atoms with Crippen molar-refractivity contribution in [3.05, 3.63) is 51.9 Å². The molecule has 0 fully saturated rings. The zero-order valence-electron chi connectivity index (χ0n) is 13.4. The molecule has 1 amide bonds. The van der Waals surface area contributed by atoms with Gasteiger partial charge in [-0.1, -0.05) is 11.8 Å². The highest BCUT2D eigenvalue weighted by molar-refractivity contribution is 7.99. The third-order valence-corrected chi connectivity index (χ3v) is 4.91. The average molecular weight is 343 g/mol. The number of nitrogens with zero attached hydrogens (tertiary/aromatic N) is 2. The summed E-state index contributed by atoms with van der Waals surface area (Å²) in [6.45, 7) is 3.28. The van der Waals surface area contributed by atoms with E-state index in [0.717, 1.165) is 0 Å². The van der Waals surface area contributed by atoms with Crippen LogP contribution in [-0.4, -0.2) is 27.0 Å². The SMILES string of the molecule is CC(=O)c1ccc(NC(=O)CC2CSc3nc(C)cc(=O)n32)cc1. The summed E-state index contributed by atoms with van der Waals surface area (Å²) in [6.07, 6.45) is 0.207. The summed E-state index contributed by atoms with van der Waals surface area (Å²) in [5, 5.41) is 3.47. The quantitative estimate of drug-likeness (QED) is 0.681. The number of amides is 1. The van der Waals surface area contributed by atoms with Crippen LogP contribution in [0.3, 0.4) is 0 Å². The molecule has 1 atom stereocenters. The Kier molecular flexibility index (Phi) is 4.53. The van der Waals surface area contributed by atoms with E-state index in [9.17, 15) is 14.4 Å². The van der Waals surface area contributed by atoms with Crippen molar-refractivity contribution in [2.45, 2.75) is 31.5 Å². The van der Waals surface area contributed by atoms with Crippen molar-refractivity contribution in [3.63, 3.8) is 0 Å². The minimum absolute atomic E-state index is 0.0189. The second-order valence-corrected chi connectivity index (χ2v) is 6.73. The minimum atomic E-state index is -0.193. The lowest BCUT2D eigenvalue weighted by molar-refractivity contribution is -0.116. The van der Waals surface area contributed by atoms with Gasteiger partial charge in [0, 0.05) is 35.2 Å². The summed E-state index contributed by atoms with van der Waals surface area (Å²) in [7, 11) is 0. The smallest absolute Gasteiger partial charge is 0.254 e. The first-order valence-electron chi connectivity index (χ1n) is 7.58. The number of rotatable bonds is 4. The number of fused-ring (bicyclic) bond motifs is 1. The van der Waals surface area contributed by atoms with Gasteiger partial charge in [0.15, 0.2) is 10.9 Å². The van der Waals surface area contributed by atoms with Gasteiger partial charge in [-0.3, -0.25) is 19.0 Å². The van der Waals surface area contributed by atoms with Gasteiger partial charge in [-0.05, 0) is 38.1 Å². The van der Waals surface area contributed by atoms with Gasteiger partial charge >= 0.3 is 0 Å². The number of nitrogens with one attached hydrogen (secondary N) is 1. The largest absolute Gasteiger partial charge is 0.326 e. The molecule has 3 rings (SSSR count). The number of benzene rings is 1. The molecule has 124 valence electrons. The van der Waals surface area contributed by atoms with Gasteiger partial charge in [0.25, 0.3) is 5.56 Å². The van der Waals surface area contributed by atoms with Gasteiger partial charge in [0.1, 0.15) is 0 Å². The van der Waals surface area contributed by atoms with Crippen molar-refractivity contribution < 1.29 is 9.59 Å². The van der Waals surface area contributed by atoms with E-state index in [1.54, 1.807) is 35.8 Å². The average Bonchev–Trinajstić information content (AvgIpc) is 2.90. The minimum Gasteiger partial charge on any atom is -0.326 e. The van der Waals surface area contributed by atoms with Gasteiger partial charge in [0.2, 0.25) is 5.91 Å². The third kappa shape index (κ3) is 3.41. The predicted octanol–water partition coefficient (Wildman–Crippen LogP) is 2.43. The summed E-state index contributed by atoms with van der Waals surface area (Å²) < 4.78 is 1.59. The molecular formula is C17H17N3O3S. The zero-order valence-corrected chi connectivity index (χ0v) is 14.2. The number of aromatic nitrogens is 2. The number of hydrogen-bond acceptors (Lipinski definition) is 5. The second kappa shape index (κ2) is 6.60. The number of anilines is 1. The number of carbonyl (C=O) groups excluding carboxylic acids is 2. The molecule has 0 saturated heterocycles. The van der Waals surface area contributed by atoms with Crippen LogP contribution in [-0.2, 0) is 4.79 Å². The maximum absolute atomic E-state index is 12.3. The second-order valence-electron chi connectivity index (χ2n) is 5.74. The molecule has 1 aromatic carbocycles. The Labute approximate surface area is 143 Å². The molecule has 0 radical (unpaired) electrons. The van der Waals surface area contributed by atoms with Crippen molar-refractivity contribution in [1.29, 1.82) is 0 Å². The number of thioether (sulfide) groups is 1. The molecule has 2 aromatic rings. The van der Waals surface area contributed by atoms with Crippen LogP contribution in [0, 0.1) is 6.92 Å². The van der Waals surface area contributed by atoms with Crippen LogP contribution in [0.1, 0.15) is 35.4 Å². The van der Waals surface area contributed by atoms with Crippen molar-refractivity contribution in [2.24, 2.45) is 0 Å². The van der Waals surface area contributed by atoms with Crippen LogP contribution in [0.4, 0.5) is 5.69 Å². The molecule has 24 heavy (non-hydrogen) atoms. The summed E-state index contributed by atoms with van der Waals surface area (Å²) in [5.74, 6) is 0.466. The first kappa shape index (κ1) is 16.4. The monoisotopic (exact) mass is 343 g/mol. The van der Waals surface area contributed by atoms with Crippen molar-refractivity contribution >= 4 is 29.1 Å². The first-order valence-corrected chi connectivity index (χ1v) is 8.56. The van der Waals surface area contributed by atoms with E-state index in [-0.39, 0.29) is 29.7 Å². The predicted molar refractivity (Wildman–Crippen MR) is 92.7 cm³/mol. The van der Waals surface area contributed by atoms with E-state index >= 15 is 0 Å². The van der Waals surface area contributed by atoms with Gasteiger partial charge in [-0.25, -0.2) is 4.98 Å². The van der Waals surface area contributed by atoms with Gasteiger partial charge < -0.3 is 5.32 Å². The van der Waals surface area contributed by atoms with Crippen LogP contribution >= 0.6 is 11.8 Å².